The van der Waals surface area contributed by atoms with Crippen molar-refractivity contribution in [1.82, 2.24) is 14.7 Å². The number of non-ortho nitro benzene ring substituents is 1. The van der Waals surface area contributed by atoms with Gasteiger partial charge in [0.15, 0.2) is 0 Å². The number of aromatic nitrogens is 2. The number of likely N-dealkylation sites (tertiary alicyclic amines) is 1. The van der Waals surface area contributed by atoms with Crippen LogP contribution < -0.4 is 5.32 Å². The number of nitro benzene ring substituents is 1. The highest BCUT2D eigenvalue weighted by Crippen LogP contribution is 2.24. The van der Waals surface area contributed by atoms with Crippen LogP contribution in [0.25, 0.3) is 5.69 Å². The monoisotopic (exact) mass is 451 g/mol. The molecule has 1 N–H and O–H groups in total. The van der Waals surface area contributed by atoms with Gasteiger partial charge in [-0.15, -0.1) is 0 Å². The van der Waals surface area contributed by atoms with Crippen LogP contribution in [0, 0.1) is 28.8 Å². The number of nitrogens with one attached hydrogen (secondary N) is 1. The second-order valence-corrected chi connectivity index (χ2v) is 7.92. The van der Waals surface area contributed by atoms with E-state index in [9.17, 15) is 24.1 Å². The van der Waals surface area contributed by atoms with E-state index in [0.29, 0.717) is 48.7 Å². The second-order valence-electron chi connectivity index (χ2n) is 7.92. The molecule has 0 saturated carbocycles. The number of carbonyl (C=O) groups is 2. The van der Waals surface area contributed by atoms with Gasteiger partial charge in [-0.1, -0.05) is 0 Å². The summed E-state index contributed by atoms with van der Waals surface area (Å²) in [7, 11) is 0. The van der Waals surface area contributed by atoms with Gasteiger partial charge in [-0.05, 0) is 56.2 Å². The molecule has 1 aliphatic rings. The maximum Gasteiger partial charge on any atom is 0.269 e. The van der Waals surface area contributed by atoms with Gasteiger partial charge in [-0.25, -0.2) is 9.07 Å². The lowest BCUT2D eigenvalue weighted by molar-refractivity contribution is -0.384. The van der Waals surface area contributed by atoms with Crippen molar-refractivity contribution >= 4 is 23.3 Å². The summed E-state index contributed by atoms with van der Waals surface area (Å²) in [4.78, 5) is 37.6. The van der Waals surface area contributed by atoms with Gasteiger partial charge in [-0.2, -0.15) is 5.10 Å². The van der Waals surface area contributed by atoms with Crippen molar-refractivity contribution in [2.75, 3.05) is 18.4 Å². The first kappa shape index (κ1) is 22.1. The first-order valence-corrected chi connectivity index (χ1v) is 10.5. The number of hydrogen-bond acceptors (Lipinski definition) is 5. The lowest BCUT2D eigenvalue weighted by Gasteiger charge is -2.31. The van der Waals surface area contributed by atoms with Crippen LogP contribution in [0.4, 0.5) is 15.9 Å². The molecule has 1 aromatic heterocycles. The molecular weight excluding hydrogens is 429 g/mol. The lowest BCUT2D eigenvalue weighted by atomic mass is 9.95. The van der Waals surface area contributed by atoms with E-state index in [2.05, 4.69) is 10.4 Å². The quantitative estimate of drug-likeness (QED) is 0.470. The maximum atomic E-state index is 13.1. The van der Waals surface area contributed by atoms with E-state index in [-0.39, 0.29) is 23.4 Å². The van der Waals surface area contributed by atoms with Crippen LogP contribution in [0.1, 0.15) is 28.9 Å². The lowest BCUT2D eigenvalue weighted by Crippen LogP contribution is -2.41. The number of nitrogens with zero attached hydrogens (tertiary/aromatic N) is 4. The summed E-state index contributed by atoms with van der Waals surface area (Å²) in [5.41, 5.74) is 1.66. The largest absolute Gasteiger partial charge is 0.339 e. The number of rotatable bonds is 5. The smallest absolute Gasteiger partial charge is 0.269 e. The number of carbonyl (C=O) groups excluding carboxylic acids is 2. The Morgan fingerprint density at radius 3 is 2.33 bits per heavy atom. The molecule has 0 aliphatic carbocycles. The minimum atomic E-state index is -0.478. The predicted molar refractivity (Wildman–Crippen MR) is 119 cm³/mol. The third-order valence-electron chi connectivity index (χ3n) is 5.63. The van der Waals surface area contributed by atoms with E-state index in [1.54, 1.807) is 30.0 Å². The minimum absolute atomic E-state index is 0.0323. The van der Waals surface area contributed by atoms with E-state index >= 15 is 0 Å². The maximum absolute atomic E-state index is 13.1. The molecule has 1 saturated heterocycles. The summed E-state index contributed by atoms with van der Waals surface area (Å²) in [5.74, 6) is -0.559. The number of benzene rings is 2. The number of nitro groups is 1. The zero-order valence-electron chi connectivity index (χ0n) is 17.9. The highest BCUT2D eigenvalue weighted by atomic mass is 19.1. The van der Waals surface area contributed by atoms with Gasteiger partial charge in [0, 0.05) is 42.8 Å². The molecule has 9 nitrogen and oxygen atoms in total. The summed E-state index contributed by atoms with van der Waals surface area (Å²) in [6, 6.07) is 13.0. The van der Waals surface area contributed by atoms with Crippen LogP contribution in [0.5, 0.6) is 0 Å². The summed E-state index contributed by atoms with van der Waals surface area (Å²) in [5, 5.41) is 18.2. The Hall–Kier alpha value is -4.08. The Kier molecular flexibility index (Phi) is 6.16. The first-order valence-electron chi connectivity index (χ1n) is 10.5. The van der Waals surface area contributed by atoms with Crippen LogP contribution in [0.2, 0.25) is 0 Å². The van der Waals surface area contributed by atoms with E-state index in [4.69, 9.17) is 0 Å². The number of halogens is 1. The fourth-order valence-corrected chi connectivity index (χ4v) is 3.85. The zero-order chi connectivity index (χ0) is 23.5. The van der Waals surface area contributed by atoms with E-state index in [1.165, 1.54) is 41.1 Å². The van der Waals surface area contributed by atoms with Crippen molar-refractivity contribution < 1.29 is 18.9 Å². The fourth-order valence-electron chi connectivity index (χ4n) is 3.85. The Morgan fingerprint density at radius 2 is 1.73 bits per heavy atom. The Labute approximate surface area is 189 Å². The molecule has 0 bridgehead atoms. The molecule has 2 aromatic carbocycles. The van der Waals surface area contributed by atoms with E-state index < -0.39 is 10.7 Å². The molecule has 1 aliphatic heterocycles. The highest BCUT2D eigenvalue weighted by Gasteiger charge is 2.28. The van der Waals surface area contributed by atoms with Gasteiger partial charge >= 0.3 is 0 Å². The van der Waals surface area contributed by atoms with Gasteiger partial charge in [0.25, 0.3) is 11.6 Å². The van der Waals surface area contributed by atoms with Crippen molar-refractivity contribution in [2.45, 2.75) is 19.8 Å². The molecular formula is C23H22FN5O4. The van der Waals surface area contributed by atoms with Gasteiger partial charge < -0.3 is 10.2 Å². The van der Waals surface area contributed by atoms with Gasteiger partial charge in [0.2, 0.25) is 5.91 Å². The van der Waals surface area contributed by atoms with Crippen molar-refractivity contribution in [3.05, 3.63) is 81.8 Å². The van der Waals surface area contributed by atoms with Crippen molar-refractivity contribution in [3.63, 3.8) is 0 Å². The van der Waals surface area contributed by atoms with Crippen LogP contribution in [0.15, 0.2) is 54.6 Å². The molecule has 170 valence electrons. The van der Waals surface area contributed by atoms with Gasteiger partial charge in [0.1, 0.15) is 11.6 Å². The summed E-state index contributed by atoms with van der Waals surface area (Å²) < 4.78 is 14.6. The van der Waals surface area contributed by atoms with Crippen LogP contribution in [-0.4, -0.2) is 44.5 Å². The fraction of sp³-hybridized carbons (Fsp3) is 0.261. The van der Waals surface area contributed by atoms with Crippen LogP contribution in [-0.2, 0) is 4.79 Å². The second kappa shape index (κ2) is 9.19. The normalized spacial score (nSPS) is 14.2. The highest BCUT2D eigenvalue weighted by molar-refractivity contribution is 5.95. The number of hydrogen-bond donors (Lipinski definition) is 1. The molecule has 10 heteroatoms. The molecule has 0 atom stereocenters. The molecule has 2 heterocycles. The Morgan fingerprint density at radius 1 is 1.09 bits per heavy atom. The summed E-state index contributed by atoms with van der Waals surface area (Å²) >= 11 is 0. The zero-order valence-corrected chi connectivity index (χ0v) is 17.9. The number of piperidine rings is 1. The third-order valence-corrected chi connectivity index (χ3v) is 5.63. The third kappa shape index (κ3) is 4.89. The van der Waals surface area contributed by atoms with Gasteiger partial charge in [-0.3, -0.25) is 19.7 Å². The van der Waals surface area contributed by atoms with E-state index in [0.717, 1.165) is 0 Å². The molecule has 0 unspecified atom stereocenters. The average molecular weight is 451 g/mol. The van der Waals surface area contributed by atoms with Gasteiger partial charge in [0.05, 0.1) is 16.3 Å². The standard InChI is InChI=1S/C23H22FN5O4/c1-15-14-21(28(26-15)19-6-8-20(9-7-19)29(32)33)25-22(30)16-10-12-27(13-11-16)23(31)17-2-4-18(24)5-3-17/h2-9,14,16H,10-13H2,1H3,(H,25,30). The van der Waals surface area contributed by atoms with Crippen molar-refractivity contribution in [1.29, 1.82) is 0 Å². The van der Waals surface area contributed by atoms with Crippen molar-refractivity contribution in [2.24, 2.45) is 5.92 Å². The molecule has 0 spiro atoms. The molecule has 3 aromatic rings. The topological polar surface area (TPSA) is 110 Å². The molecule has 2 amide bonds. The van der Waals surface area contributed by atoms with Crippen LogP contribution >= 0.6 is 0 Å². The first-order chi connectivity index (χ1) is 15.8. The average Bonchev–Trinajstić information content (AvgIpc) is 3.19. The molecule has 33 heavy (non-hydrogen) atoms. The Bertz CT molecular complexity index is 1180. The Balaban J connectivity index is 1.40. The molecule has 1 fully saturated rings. The molecule has 4 rings (SSSR count). The number of amides is 2. The summed E-state index contributed by atoms with van der Waals surface area (Å²) in [6.45, 7) is 2.64. The SMILES string of the molecule is Cc1cc(NC(=O)C2CCN(C(=O)c3ccc(F)cc3)CC2)n(-c2ccc([N+](=O)[O-])cc2)n1. The number of anilines is 1. The molecule has 0 radical (unpaired) electrons. The van der Waals surface area contributed by atoms with Crippen molar-refractivity contribution in [3.8, 4) is 5.69 Å². The predicted octanol–water partition coefficient (Wildman–Crippen LogP) is 3.72. The summed E-state index contributed by atoms with van der Waals surface area (Å²) in [6.07, 6.45) is 1.01. The van der Waals surface area contributed by atoms with E-state index in [1.807, 2.05) is 0 Å². The number of aryl methyl sites for hydroxylation is 1. The minimum Gasteiger partial charge on any atom is -0.339 e. The van der Waals surface area contributed by atoms with Crippen LogP contribution in [0.3, 0.4) is 0 Å².